The molecule has 1 aliphatic rings. The van der Waals surface area contributed by atoms with Gasteiger partial charge in [0.2, 0.25) is 0 Å². The fraction of sp³-hybridized carbons (Fsp3) is 0.333. The Kier molecular flexibility index (Phi) is 4.69. The Morgan fingerprint density at radius 2 is 1.77 bits per heavy atom. The summed E-state index contributed by atoms with van der Waals surface area (Å²) >= 11 is 1.86. The maximum absolute atomic E-state index is 2.26. The first-order valence-corrected chi connectivity index (χ1v) is 5.80. The van der Waals surface area contributed by atoms with E-state index in [1.54, 1.807) is 0 Å². The molecule has 0 aliphatic carbocycles. The quantitative estimate of drug-likeness (QED) is 0.608. The molecule has 1 aromatic rings. The maximum Gasteiger partial charge on any atom is 0.0164 e. The lowest BCUT2D eigenvalue weighted by Gasteiger charge is -1.96. The number of hydrogen-bond acceptors (Lipinski definition) is 1. The molecular weight excluding hydrogens is 176 g/mol. The molecule has 0 amide bonds. The fourth-order valence-electron chi connectivity index (χ4n) is 1.08. The highest BCUT2D eigenvalue weighted by atomic mass is 32.2. The third-order valence-electron chi connectivity index (χ3n) is 1.61. The lowest BCUT2D eigenvalue weighted by atomic mass is 10.2. The van der Waals surface area contributed by atoms with Crippen molar-refractivity contribution in [2.45, 2.75) is 20.3 Å². The van der Waals surface area contributed by atoms with Gasteiger partial charge in [-0.15, -0.1) is 11.8 Å². The van der Waals surface area contributed by atoms with Gasteiger partial charge in [-0.05, 0) is 15.8 Å². The monoisotopic (exact) mass is 192 g/mol. The van der Waals surface area contributed by atoms with E-state index in [2.05, 4.69) is 49.6 Å². The van der Waals surface area contributed by atoms with Gasteiger partial charge in [0.15, 0.2) is 0 Å². The predicted octanol–water partition coefficient (Wildman–Crippen LogP) is 2.37. The summed E-state index contributed by atoms with van der Waals surface area (Å²) in [5, 5.41) is 4.95. The number of rotatable bonds is 0. The number of thioether (sulfide) groups is 1. The average molecular weight is 192 g/mol. The zero-order valence-electron chi connectivity index (χ0n) is 8.29. The normalized spacial score (nSPS) is 12.8. The van der Waals surface area contributed by atoms with Crippen molar-refractivity contribution in [2.24, 2.45) is 0 Å². The van der Waals surface area contributed by atoms with E-state index in [0.717, 1.165) is 5.75 Å². The molecule has 0 atom stereocenters. The standard InChI is InChI=1S/C9H8S.C3H8/c1-2-4-9-7-10-6-5-8(9)3-1;1-3-2/h1-5,7H,6H2;3H2,1-2H3. The van der Waals surface area contributed by atoms with Crippen LogP contribution in [0.3, 0.4) is 0 Å². The van der Waals surface area contributed by atoms with Gasteiger partial charge in [-0.2, -0.15) is 0 Å². The van der Waals surface area contributed by atoms with Crippen LogP contribution in [-0.2, 0) is 0 Å². The zero-order chi connectivity index (χ0) is 9.52. The Hall–Kier alpha value is -0.690. The highest BCUT2D eigenvalue weighted by Gasteiger charge is 1.89. The van der Waals surface area contributed by atoms with Gasteiger partial charge in [0, 0.05) is 5.75 Å². The Morgan fingerprint density at radius 3 is 2.38 bits per heavy atom. The van der Waals surface area contributed by atoms with Gasteiger partial charge in [0.25, 0.3) is 0 Å². The minimum absolute atomic E-state index is 1.12. The molecule has 0 spiro atoms. The van der Waals surface area contributed by atoms with Gasteiger partial charge in [-0.25, -0.2) is 0 Å². The van der Waals surface area contributed by atoms with Crippen molar-refractivity contribution >= 4 is 23.2 Å². The van der Waals surface area contributed by atoms with Crippen molar-refractivity contribution in [3.63, 3.8) is 0 Å². The van der Waals surface area contributed by atoms with Crippen LogP contribution in [0.1, 0.15) is 20.3 Å². The number of hydrogen-bond donors (Lipinski definition) is 0. The summed E-state index contributed by atoms with van der Waals surface area (Å²) in [6.07, 6.45) is 3.51. The van der Waals surface area contributed by atoms with E-state index >= 15 is 0 Å². The molecule has 0 nitrogen and oxygen atoms in total. The summed E-state index contributed by atoms with van der Waals surface area (Å²) in [5.74, 6) is 1.12. The molecule has 1 heteroatoms. The summed E-state index contributed by atoms with van der Waals surface area (Å²) < 4.78 is 0. The van der Waals surface area contributed by atoms with E-state index in [9.17, 15) is 0 Å². The van der Waals surface area contributed by atoms with Crippen LogP contribution < -0.4 is 10.4 Å². The minimum Gasteiger partial charge on any atom is -0.129 e. The molecule has 1 heterocycles. The second kappa shape index (κ2) is 5.87. The molecule has 0 aromatic heterocycles. The second-order valence-electron chi connectivity index (χ2n) is 2.99. The van der Waals surface area contributed by atoms with Gasteiger partial charge >= 0.3 is 0 Å². The first-order valence-electron chi connectivity index (χ1n) is 4.75. The Morgan fingerprint density at radius 1 is 1.15 bits per heavy atom. The Balaban J connectivity index is 0.000000251. The molecule has 0 bridgehead atoms. The molecule has 0 saturated carbocycles. The van der Waals surface area contributed by atoms with Gasteiger partial charge in [-0.3, -0.25) is 0 Å². The molecule has 0 unspecified atom stereocenters. The predicted molar refractivity (Wildman–Crippen MR) is 63.0 cm³/mol. The molecular formula is C12H16S. The van der Waals surface area contributed by atoms with E-state index < -0.39 is 0 Å². The summed E-state index contributed by atoms with van der Waals surface area (Å²) in [6.45, 7) is 4.25. The second-order valence-corrected chi connectivity index (χ2v) is 3.89. The smallest absolute Gasteiger partial charge is 0.0164 e. The highest BCUT2D eigenvalue weighted by Crippen LogP contribution is 2.02. The maximum atomic E-state index is 2.26. The van der Waals surface area contributed by atoms with Gasteiger partial charge in [-0.1, -0.05) is 50.6 Å². The average Bonchev–Trinajstić information content (AvgIpc) is 2.19. The fourth-order valence-corrected chi connectivity index (χ4v) is 1.85. The Bertz CT molecular complexity index is 317. The third kappa shape index (κ3) is 3.27. The van der Waals surface area contributed by atoms with Crippen molar-refractivity contribution in [1.82, 2.24) is 0 Å². The van der Waals surface area contributed by atoms with Crippen LogP contribution in [0.5, 0.6) is 0 Å². The van der Waals surface area contributed by atoms with Crippen LogP contribution in [0.2, 0.25) is 0 Å². The van der Waals surface area contributed by atoms with Crippen molar-refractivity contribution in [1.29, 1.82) is 0 Å². The summed E-state index contributed by atoms with van der Waals surface area (Å²) in [6, 6.07) is 8.47. The SMILES string of the molecule is C1=c2ccccc2=CSC1.CCC. The van der Waals surface area contributed by atoms with Crippen LogP contribution in [-0.4, -0.2) is 5.75 Å². The van der Waals surface area contributed by atoms with E-state index in [1.807, 2.05) is 11.8 Å². The van der Waals surface area contributed by atoms with Gasteiger partial charge in [0.1, 0.15) is 0 Å². The molecule has 0 N–H and O–H groups in total. The van der Waals surface area contributed by atoms with E-state index in [4.69, 9.17) is 0 Å². The van der Waals surface area contributed by atoms with Gasteiger partial charge in [0.05, 0.1) is 0 Å². The lowest BCUT2D eigenvalue weighted by Crippen LogP contribution is -2.25. The first-order chi connectivity index (χ1) is 6.38. The number of fused-ring (bicyclic) bond motifs is 1. The van der Waals surface area contributed by atoms with Crippen LogP contribution in [0.4, 0.5) is 0 Å². The van der Waals surface area contributed by atoms with Crippen molar-refractivity contribution < 1.29 is 0 Å². The lowest BCUT2D eigenvalue weighted by molar-refractivity contribution is 1.09. The molecule has 13 heavy (non-hydrogen) atoms. The highest BCUT2D eigenvalue weighted by molar-refractivity contribution is 8.06. The van der Waals surface area contributed by atoms with Gasteiger partial charge < -0.3 is 0 Å². The van der Waals surface area contributed by atoms with E-state index in [1.165, 1.54) is 16.9 Å². The van der Waals surface area contributed by atoms with Crippen LogP contribution in [0, 0.1) is 0 Å². The minimum atomic E-state index is 1.12. The Labute approximate surface area is 84.4 Å². The largest absolute Gasteiger partial charge is 0.129 e. The summed E-state index contributed by atoms with van der Waals surface area (Å²) in [7, 11) is 0. The van der Waals surface area contributed by atoms with Crippen LogP contribution in [0.15, 0.2) is 24.3 Å². The van der Waals surface area contributed by atoms with Crippen LogP contribution in [0.25, 0.3) is 11.5 Å². The molecule has 0 saturated heterocycles. The van der Waals surface area contributed by atoms with Crippen LogP contribution >= 0.6 is 11.8 Å². The zero-order valence-corrected chi connectivity index (χ0v) is 9.10. The molecule has 1 aliphatic heterocycles. The van der Waals surface area contributed by atoms with Crippen molar-refractivity contribution in [2.75, 3.05) is 5.75 Å². The molecule has 2 rings (SSSR count). The topological polar surface area (TPSA) is 0 Å². The number of benzene rings is 1. The molecule has 0 radical (unpaired) electrons. The van der Waals surface area contributed by atoms with E-state index in [0.29, 0.717) is 0 Å². The molecule has 1 aromatic carbocycles. The molecule has 0 fully saturated rings. The molecule has 70 valence electrons. The third-order valence-corrected chi connectivity index (χ3v) is 2.39. The van der Waals surface area contributed by atoms with E-state index in [-0.39, 0.29) is 0 Å². The van der Waals surface area contributed by atoms with Crippen molar-refractivity contribution in [3.05, 3.63) is 34.7 Å². The first kappa shape index (κ1) is 10.4. The summed E-state index contributed by atoms with van der Waals surface area (Å²) in [4.78, 5) is 0. The summed E-state index contributed by atoms with van der Waals surface area (Å²) in [5.41, 5.74) is 0. The van der Waals surface area contributed by atoms with Crippen molar-refractivity contribution in [3.8, 4) is 0 Å².